The monoisotopic (exact) mass is 218 g/mol. The van der Waals surface area contributed by atoms with Crippen LogP contribution >= 0.6 is 22.6 Å². The number of alkyl halides is 1. The van der Waals surface area contributed by atoms with Crippen LogP contribution < -0.4 is 0 Å². The maximum absolute atomic E-state index is 5.05. The van der Waals surface area contributed by atoms with Gasteiger partial charge in [0.1, 0.15) is 3.92 Å². The molecule has 0 aromatic rings. The third-order valence-corrected chi connectivity index (χ3v) is 1.22. The molecule has 0 aliphatic heterocycles. The SMILES string of the molecule is C#CC(I)C#CCC. The second-order valence-electron chi connectivity index (χ2n) is 1.20. The molecule has 1 unspecified atom stereocenters. The quantitative estimate of drug-likeness (QED) is 0.330. The third-order valence-electron chi connectivity index (χ3n) is 0.552. The Morgan fingerprint density at radius 1 is 1.75 bits per heavy atom. The molecular formula is C7H7I. The van der Waals surface area contributed by atoms with E-state index in [1.54, 1.807) is 0 Å². The third kappa shape index (κ3) is 4.02. The maximum Gasteiger partial charge on any atom is 0.132 e. The van der Waals surface area contributed by atoms with E-state index in [9.17, 15) is 0 Å². The van der Waals surface area contributed by atoms with Crippen LogP contribution in [0.2, 0.25) is 0 Å². The fourth-order valence-corrected chi connectivity index (χ4v) is 0.454. The van der Waals surface area contributed by atoms with Gasteiger partial charge in [0, 0.05) is 6.42 Å². The van der Waals surface area contributed by atoms with Gasteiger partial charge in [0.15, 0.2) is 0 Å². The molecule has 0 bridgehead atoms. The lowest BCUT2D eigenvalue weighted by Gasteiger charge is -1.81. The van der Waals surface area contributed by atoms with E-state index in [0.29, 0.717) is 0 Å². The van der Waals surface area contributed by atoms with Gasteiger partial charge in [0.05, 0.1) is 0 Å². The first-order valence-corrected chi connectivity index (χ1v) is 3.64. The first-order chi connectivity index (χ1) is 3.81. The van der Waals surface area contributed by atoms with Crippen molar-refractivity contribution in [1.29, 1.82) is 0 Å². The molecule has 0 nitrogen and oxygen atoms in total. The summed E-state index contributed by atoms with van der Waals surface area (Å²) in [5.41, 5.74) is 0. The summed E-state index contributed by atoms with van der Waals surface area (Å²) in [6, 6.07) is 0. The van der Waals surface area contributed by atoms with Gasteiger partial charge in [-0.3, -0.25) is 0 Å². The highest BCUT2D eigenvalue weighted by Gasteiger charge is 1.84. The summed E-state index contributed by atoms with van der Waals surface area (Å²) in [5.74, 6) is 8.29. The van der Waals surface area contributed by atoms with E-state index >= 15 is 0 Å². The zero-order valence-electron chi connectivity index (χ0n) is 4.74. The highest BCUT2D eigenvalue weighted by Crippen LogP contribution is 1.94. The fourth-order valence-electron chi connectivity index (χ4n) is 0.233. The standard InChI is InChI=1S/C7H7I/c1-3-5-6-7(8)4-2/h2,7H,3H2,1H3. The normalized spacial score (nSPS) is 10.6. The molecule has 1 heteroatoms. The Hall–Kier alpha value is -0.150. The van der Waals surface area contributed by atoms with Crippen molar-refractivity contribution < 1.29 is 0 Å². The van der Waals surface area contributed by atoms with Gasteiger partial charge >= 0.3 is 0 Å². The summed E-state index contributed by atoms with van der Waals surface area (Å²) in [5, 5.41) is 0. The van der Waals surface area contributed by atoms with E-state index in [-0.39, 0.29) is 3.92 Å². The van der Waals surface area contributed by atoms with Crippen LogP contribution in [0, 0.1) is 24.2 Å². The van der Waals surface area contributed by atoms with Gasteiger partial charge in [0.25, 0.3) is 0 Å². The topological polar surface area (TPSA) is 0 Å². The summed E-state index contributed by atoms with van der Waals surface area (Å²) in [6.07, 6.45) is 5.94. The minimum Gasteiger partial charge on any atom is -0.118 e. The molecule has 8 heavy (non-hydrogen) atoms. The summed E-state index contributed by atoms with van der Waals surface area (Å²) in [6.45, 7) is 2.01. The molecule has 0 aliphatic rings. The average Bonchev–Trinajstić information content (AvgIpc) is 1.83. The Bertz CT molecular complexity index is 142. The van der Waals surface area contributed by atoms with E-state index < -0.39 is 0 Å². The minimum atomic E-state index is 0.0903. The van der Waals surface area contributed by atoms with E-state index in [1.807, 2.05) is 6.92 Å². The number of terminal acetylenes is 1. The summed E-state index contributed by atoms with van der Waals surface area (Å²) < 4.78 is 0.0903. The molecule has 0 aromatic carbocycles. The molecule has 0 saturated heterocycles. The number of rotatable bonds is 0. The smallest absolute Gasteiger partial charge is 0.118 e. The summed E-state index contributed by atoms with van der Waals surface area (Å²) in [7, 11) is 0. The predicted molar refractivity (Wildman–Crippen MR) is 44.7 cm³/mol. The van der Waals surface area contributed by atoms with Crippen LogP contribution in [0.15, 0.2) is 0 Å². The molecule has 0 heterocycles. The zero-order valence-corrected chi connectivity index (χ0v) is 6.90. The highest BCUT2D eigenvalue weighted by atomic mass is 127. The molecular weight excluding hydrogens is 211 g/mol. The van der Waals surface area contributed by atoms with Crippen molar-refractivity contribution in [1.82, 2.24) is 0 Å². The van der Waals surface area contributed by atoms with Gasteiger partial charge in [-0.1, -0.05) is 41.4 Å². The Morgan fingerprint density at radius 3 is 2.75 bits per heavy atom. The molecule has 1 atom stereocenters. The average molecular weight is 218 g/mol. The predicted octanol–water partition coefficient (Wildman–Crippen LogP) is 1.84. The molecule has 0 saturated carbocycles. The van der Waals surface area contributed by atoms with Crippen LogP contribution in [0.1, 0.15) is 13.3 Å². The lowest BCUT2D eigenvalue weighted by atomic mass is 10.4. The molecule has 0 rings (SSSR count). The van der Waals surface area contributed by atoms with Gasteiger partial charge < -0.3 is 0 Å². The first kappa shape index (κ1) is 7.85. The molecule has 0 amide bonds. The Balaban J connectivity index is 3.56. The molecule has 0 fully saturated rings. The van der Waals surface area contributed by atoms with E-state index in [4.69, 9.17) is 6.42 Å². The number of hydrogen-bond acceptors (Lipinski definition) is 0. The second-order valence-corrected chi connectivity index (χ2v) is 2.45. The van der Waals surface area contributed by atoms with Crippen LogP contribution in [0.25, 0.3) is 0 Å². The van der Waals surface area contributed by atoms with E-state index in [2.05, 4.69) is 40.4 Å². The molecule has 0 N–H and O–H groups in total. The molecule has 0 spiro atoms. The Morgan fingerprint density at radius 2 is 2.38 bits per heavy atom. The van der Waals surface area contributed by atoms with Crippen LogP contribution in [0.4, 0.5) is 0 Å². The molecule has 0 aromatic heterocycles. The van der Waals surface area contributed by atoms with Crippen LogP contribution in [0.5, 0.6) is 0 Å². The molecule has 0 aliphatic carbocycles. The zero-order chi connectivity index (χ0) is 6.41. The van der Waals surface area contributed by atoms with E-state index in [0.717, 1.165) is 6.42 Å². The van der Waals surface area contributed by atoms with Crippen molar-refractivity contribution >= 4 is 22.6 Å². The van der Waals surface area contributed by atoms with Gasteiger partial charge in [-0.05, 0) is 0 Å². The van der Waals surface area contributed by atoms with Crippen LogP contribution in [-0.4, -0.2) is 3.92 Å². The van der Waals surface area contributed by atoms with Gasteiger partial charge in [0.2, 0.25) is 0 Å². The van der Waals surface area contributed by atoms with Crippen molar-refractivity contribution in [2.24, 2.45) is 0 Å². The van der Waals surface area contributed by atoms with Crippen molar-refractivity contribution in [3.05, 3.63) is 0 Å². The van der Waals surface area contributed by atoms with Crippen molar-refractivity contribution in [2.45, 2.75) is 17.3 Å². The summed E-state index contributed by atoms with van der Waals surface area (Å²) in [4.78, 5) is 0. The lowest BCUT2D eigenvalue weighted by molar-refractivity contribution is 1.27. The van der Waals surface area contributed by atoms with Gasteiger partial charge in [-0.2, -0.15) is 0 Å². The van der Waals surface area contributed by atoms with Gasteiger partial charge in [-0.15, -0.1) is 12.3 Å². The van der Waals surface area contributed by atoms with Crippen molar-refractivity contribution in [3.63, 3.8) is 0 Å². The highest BCUT2D eigenvalue weighted by molar-refractivity contribution is 14.1. The lowest BCUT2D eigenvalue weighted by Crippen LogP contribution is -1.83. The first-order valence-electron chi connectivity index (χ1n) is 2.39. The fraction of sp³-hybridized carbons (Fsp3) is 0.429. The Kier molecular flexibility index (Phi) is 4.90. The Labute approximate surface area is 64.2 Å². The minimum absolute atomic E-state index is 0.0903. The summed E-state index contributed by atoms with van der Waals surface area (Å²) >= 11 is 2.12. The van der Waals surface area contributed by atoms with Crippen LogP contribution in [0.3, 0.4) is 0 Å². The molecule has 0 radical (unpaired) electrons. The second kappa shape index (κ2) is 5.00. The van der Waals surface area contributed by atoms with Gasteiger partial charge in [-0.25, -0.2) is 0 Å². The van der Waals surface area contributed by atoms with Crippen molar-refractivity contribution in [2.75, 3.05) is 0 Å². The maximum atomic E-state index is 5.05. The number of halogens is 1. The van der Waals surface area contributed by atoms with Crippen LogP contribution in [-0.2, 0) is 0 Å². The molecule has 42 valence electrons. The van der Waals surface area contributed by atoms with E-state index in [1.165, 1.54) is 0 Å². The van der Waals surface area contributed by atoms with Crippen molar-refractivity contribution in [3.8, 4) is 24.2 Å². The largest absolute Gasteiger partial charge is 0.132 e. The number of hydrogen-bond donors (Lipinski definition) is 0.